The van der Waals surface area contributed by atoms with Crippen LogP contribution in [0.4, 0.5) is 8.78 Å². The van der Waals surface area contributed by atoms with E-state index in [9.17, 15) is 13.6 Å². The molecule has 0 radical (unpaired) electrons. The van der Waals surface area contributed by atoms with Gasteiger partial charge in [0.2, 0.25) is 0 Å². The van der Waals surface area contributed by atoms with E-state index in [1.807, 2.05) is 0 Å². The maximum Gasteiger partial charge on any atom is 0.165 e. The van der Waals surface area contributed by atoms with E-state index in [-0.39, 0.29) is 17.8 Å². The molecule has 0 saturated carbocycles. The first-order chi connectivity index (χ1) is 7.15. The van der Waals surface area contributed by atoms with E-state index in [0.717, 1.165) is 12.1 Å². The van der Waals surface area contributed by atoms with Gasteiger partial charge in [-0.1, -0.05) is 6.08 Å². The van der Waals surface area contributed by atoms with E-state index in [0.29, 0.717) is 12.8 Å². The van der Waals surface area contributed by atoms with E-state index >= 15 is 0 Å². The van der Waals surface area contributed by atoms with Crippen LogP contribution in [0, 0.1) is 11.6 Å². The van der Waals surface area contributed by atoms with Crippen LogP contribution >= 0.6 is 0 Å². The number of allylic oxidation sites excluding steroid dienone is 1. The fourth-order valence-electron chi connectivity index (χ4n) is 1.26. The fraction of sp³-hybridized carbons (Fsp3) is 0.250. The van der Waals surface area contributed by atoms with Gasteiger partial charge in [0.05, 0.1) is 5.56 Å². The highest BCUT2D eigenvalue weighted by Crippen LogP contribution is 2.13. The lowest BCUT2D eigenvalue weighted by Crippen LogP contribution is -2.02. The Bertz CT molecular complexity index is 372. The smallest absolute Gasteiger partial charge is 0.165 e. The van der Waals surface area contributed by atoms with Crippen molar-refractivity contribution in [2.45, 2.75) is 19.3 Å². The molecule has 0 atom stereocenters. The highest BCUT2D eigenvalue weighted by molar-refractivity contribution is 5.96. The first-order valence-electron chi connectivity index (χ1n) is 4.74. The van der Waals surface area contributed by atoms with Gasteiger partial charge in [-0.3, -0.25) is 4.79 Å². The van der Waals surface area contributed by atoms with E-state index in [2.05, 4.69) is 6.58 Å². The number of unbranched alkanes of at least 4 members (excludes halogenated alkanes) is 1. The number of Topliss-reactive ketones (excluding diaryl/α,β-unsaturated/α-hetero) is 1. The second kappa shape index (κ2) is 5.39. The van der Waals surface area contributed by atoms with Crippen LogP contribution in [0.5, 0.6) is 0 Å². The number of carbonyl (C=O) groups is 1. The van der Waals surface area contributed by atoms with Crippen LogP contribution < -0.4 is 0 Å². The zero-order valence-corrected chi connectivity index (χ0v) is 8.30. The third-order valence-electron chi connectivity index (χ3n) is 2.04. The minimum Gasteiger partial charge on any atom is -0.294 e. The standard InChI is InChI=1S/C12H12F2O/c1-2-3-4-5-12(15)10-7-6-9(13)8-11(10)14/h2,6-8H,1,3-5H2. The molecule has 0 N–H and O–H groups in total. The summed E-state index contributed by atoms with van der Waals surface area (Å²) in [6.45, 7) is 3.52. The van der Waals surface area contributed by atoms with Gasteiger partial charge in [0.1, 0.15) is 11.6 Å². The second-order valence-corrected chi connectivity index (χ2v) is 3.23. The molecular formula is C12H12F2O. The van der Waals surface area contributed by atoms with Crippen molar-refractivity contribution in [3.63, 3.8) is 0 Å². The molecule has 15 heavy (non-hydrogen) atoms. The van der Waals surface area contributed by atoms with Crippen LogP contribution in [0.15, 0.2) is 30.9 Å². The van der Waals surface area contributed by atoms with E-state index < -0.39 is 11.6 Å². The summed E-state index contributed by atoms with van der Waals surface area (Å²) in [5, 5.41) is 0. The summed E-state index contributed by atoms with van der Waals surface area (Å²) in [5.74, 6) is -1.76. The number of hydrogen-bond donors (Lipinski definition) is 0. The lowest BCUT2D eigenvalue weighted by Gasteiger charge is -2.01. The molecule has 1 aromatic carbocycles. The van der Waals surface area contributed by atoms with Gasteiger partial charge in [-0.05, 0) is 25.0 Å². The third-order valence-corrected chi connectivity index (χ3v) is 2.04. The molecule has 0 bridgehead atoms. The number of hydrogen-bond acceptors (Lipinski definition) is 1. The number of benzene rings is 1. The Kier molecular flexibility index (Phi) is 4.16. The minimum absolute atomic E-state index is 0.0412. The number of halogens is 2. The SMILES string of the molecule is C=CCCCC(=O)c1ccc(F)cc1F. The van der Waals surface area contributed by atoms with E-state index in [1.165, 1.54) is 6.07 Å². The maximum atomic E-state index is 13.1. The monoisotopic (exact) mass is 210 g/mol. The Hall–Kier alpha value is -1.51. The average Bonchev–Trinajstić information content (AvgIpc) is 2.17. The maximum absolute atomic E-state index is 13.1. The van der Waals surface area contributed by atoms with Crippen molar-refractivity contribution >= 4 is 5.78 Å². The lowest BCUT2D eigenvalue weighted by atomic mass is 10.0. The van der Waals surface area contributed by atoms with Gasteiger partial charge in [0.15, 0.2) is 5.78 Å². The minimum atomic E-state index is -0.793. The molecule has 0 aromatic heterocycles. The van der Waals surface area contributed by atoms with Crippen LogP contribution in [0.1, 0.15) is 29.6 Å². The van der Waals surface area contributed by atoms with Gasteiger partial charge in [-0.15, -0.1) is 6.58 Å². The second-order valence-electron chi connectivity index (χ2n) is 3.23. The Morgan fingerprint density at radius 2 is 2.13 bits per heavy atom. The van der Waals surface area contributed by atoms with Crippen LogP contribution in [-0.4, -0.2) is 5.78 Å². The van der Waals surface area contributed by atoms with Crippen LogP contribution in [0.2, 0.25) is 0 Å². The summed E-state index contributed by atoms with van der Waals surface area (Å²) >= 11 is 0. The summed E-state index contributed by atoms with van der Waals surface area (Å²) in [7, 11) is 0. The molecule has 80 valence electrons. The molecule has 0 amide bonds. The molecule has 0 spiro atoms. The van der Waals surface area contributed by atoms with Crippen LogP contribution in [-0.2, 0) is 0 Å². The molecule has 1 nitrogen and oxygen atoms in total. The summed E-state index contributed by atoms with van der Waals surface area (Å²) in [6, 6.07) is 2.99. The Morgan fingerprint density at radius 1 is 1.40 bits per heavy atom. The molecule has 0 aliphatic carbocycles. The summed E-state index contributed by atoms with van der Waals surface area (Å²) < 4.78 is 25.7. The van der Waals surface area contributed by atoms with Gasteiger partial charge in [-0.25, -0.2) is 8.78 Å². The van der Waals surface area contributed by atoms with Crippen LogP contribution in [0.3, 0.4) is 0 Å². The highest BCUT2D eigenvalue weighted by atomic mass is 19.1. The summed E-state index contributed by atoms with van der Waals surface area (Å²) in [6.07, 6.45) is 3.32. The molecule has 1 aromatic rings. The zero-order chi connectivity index (χ0) is 11.3. The first kappa shape index (κ1) is 11.6. The quantitative estimate of drug-likeness (QED) is 0.413. The molecule has 0 saturated heterocycles. The predicted molar refractivity (Wildman–Crippen MR) is 54.7 cm³/mol. The molecule has 0 heterocycles. The van der Waals surface area contributed by atoms with Crippen molar-refractivity contribution in [3.8, 4) is 0 Å². The van der Waals surface area contributed by atoms with Gasteiger partial charge < -0.3 is 0 Å². The lowest BCUT2D eigenvalue weighted by molar-refractivity contribution is 0.0976. The molecule has 0 aliphatic rings. The molecule has 0 unspecified atom stereocenters. The van der Waals surface area contributed by atoms with E-state index in [1.54, 1.807) is 6.08 Å². The number of carbonyl (C=O) groups excluding carboxylic acids is 1. The summed E-state index contributed by atoms with van der Waals surface area (Å²) in [5.41, 5.74) is -0.0412. The van der Waals surface area contributed by atoms with Gasteiger partial charge in [-0.2, -0.15) is 0 Å². The van der Waals surface area contributed by atoms with Crippen molar-refractivity contribution < 1.29 is 13.6 Å². The Balaban J connectivity index is 2.69. The average molecular weight is 210 g/mol. The Labute approximate surface area is 87.4 Å². The predicted octanol–water partition coefficient (Wildman–Crippen LogP) is 3.50. The normalized spacial score (nSPS) is 10.0. The fourth-order valence-corrected chi connectivity index (χ4v) is 1.26. The van der Waals surface area contributed by atoms with Gasteiger partial charge in [0.25, 0.3) is 0 Å². The molecule has 0 aliphatic heterocycles. The van der Waals surface area contributed by atoms with Crippen LogP contribution in [0.25, 0.3) is 0 Å². The summed E-state index contributed by atoms with van der Waals surface area (Å²) in [4.78, 5) is 11.5. The van der Waals surface area contributed by atoms with E-state index in [4.69, 9.17) is 0 Å². The molecule has 0 fully saturated rings. The zero-order valence-electron chi connectivity index (χ0n) is 8.30. The molecule has 3 heteroatoms. The highest BCUT2D eigenvalue weighted by Gasteiger charge is 2.11. The van der Waals surface area contributed by atoms with Crippen molar-refractivity contribution in [2.24, 2.45) is 0 Å². The molecule has 1 rings (SSSR count). The van der Waals surface area contributed by atoms with Gasteiger partial charge in [0, 0.05) is 12.5 Å². The van der Waals surface area contributed by atoms with Crippen molar-refractivity contribution in [2.75, 3.05) is 0 Å². The van der Waals surface area contributed by atoms with Crippen molar-refractivity contribution in [3.05, 3.63) is 48.1 Å². The first-order valence-corrected chi connectivity index (χ1v) is 4.74. The van der Waals surface area contributed by atoms with Crippen molar-refractivity contribution in [1.82, 2.24) is 0 Å². The number of ketones is 1. The molecular weight excluding hydrogens is 198 g/mol. The van der Waals surface area contributed by atoms with Crippen molar-refractivity contribution in [1.29, 1.82) is 0 Å². The number of rotatable bonds is 5. The third kappa shape index (κ3) is 3.27. The topological polar surface area (TPSA) is 17.1 Å². The Morgan fingerprint density at radius 3 is 2.73 bits per heavy atom. The van der Waals surface area contributed by atoms with Gasteiger partial charge >= 0.3 is 0 Å². The largest absolute Gasteiger partial charge is 0.294 e.